The Hall–Kier alpha value is -2.80. The lowest BCUT2D eigenvalue weighted by Crippen LogP contribution is -2.21. The van der Waals surface area contributed by atoms with E-state index < -0.39 is 11.9 Å². The monoisotopic (exact) mass is 328 g/mol. The van der Waals surface area contributed by atoms with Crippen LogP contribution in [0, 0.1) is 5.82 Å². The van der Waals surface area contributed by atoms with Crippen molar-refractivity contribution in [2.24, 2.45) is 0 Å². The van der Waals surface area contributed by atoms with Gasteiger partial charge in [-0.3, -0.25) is 4.98 Å². The average Bonchev–Trinajstić information content (AvgIpc) is 3.04. The van der Waals surface area contributed by atoms with E-state index in [-0.39, 0.29) is 0 Å². The Balaban J connectivity index is 1.89. The Morgan fingerprint density at radius 3 is 2.91 bits per heavy atom. The van der Waals surface area contributed by atoms with E-state index in [1.54, 1.807) is 24.5 Å². The summed E-state index contributed by atoms with van der Waals surface area (Å²) in [6.07, 6.45) is 5.21. The predicted octanol–water partition coefficient (Wildman–Crippen LogP) is 2.92. The van der Waals surface area contributed by atoms with Gasteiger partial charge in [0.25, 0.3) is 0 Å². The molecule has 8 heteroatoms. The third-order valence-corrected chi connectivity index (χ3v) is 3.92. The molecule has 114 valence electrons. The van der Waals surface area contributed by atoms with Crippen LogP contribution in [-0.4, -0.2) is 25.2 Å². The smallest absolute Gasteiger partial charge is 0.248 e. The summed E-state index contributed by atoms with van der Waals surface area (Å²) >= 11 is 6.21. The van der Waals surface area contributed by atoms with Crippen molar-refractivity contribution in [2.45, 2.75) is 6.04 Å². The van der Waals surface area contributed by atoms with E-state index in [9.17, 15) is 4.39 Å². The van der Waals surface area contributed by atoms with Gasteiger partial charge in [0.15, 0.2) is 0 Å². The number of pyridine rings is 1. The predicted molar refractivity (Wildman–Crippen MR) is 83.2 cm³/mol. The summed E-state index contributed by atoms with van der Waals surface area (Å²) in [7, 11) is 0. The van der Waals surface area contributed by atoms with Gasteiger partial charge in [-0.25, -0.2) is 4.39 Å². The Morgan fingerprint density at radius 2 is 2.13 bits per heavy atom. The van der Waals surface area contributed by atoms with Crippen LogP contribution >= 0.6 is 11.6 Å². The highest BCUT2D eigenvalue weighted by atomic mass is 35.5. The number of hydrogen-bond donors (Lipinski definition) is 1. The SMILES string of the molecule is Fc1cccc(Cl)c1[C@H]1C=C(c2cccnc2)Nc2nnnn21. The summed E-state index contributed by atoms with van der Waals surface area (Å²) in [5.41, 5.74) is 1.91. The van der Waals surface area contributed by atoms with Crippen molar-refractivity contribution in [3.05, 3.63) is 70.8 Å². The van der Waals surface area contributed by atoms with Crippen LogP contribution in [0.2, 0.25) is 5.02 Å². The fraction of sp³-hybridized carbons (Fsp3) is 0.0667. The fourth-order valence-electron chi connectivity index (χ4n) is 2.54. The summed E-state index contributed by atoms with van der Waals surface area (Å²) in [5, 5.41) is 15.0. The molecule has 0 saturated heterocycles. The minimum absolute atomic E-state index is 0.320. The lowest BCUT2D eigenvalue weighted by Gasteiger charge is -2.24. The standard InChI is InChI=1S/C15H10ClFN6/c16-10-4-1-5-11(17)14(10)13-7-12(9-3-2-6-18-8-9)19-15-20-21-22-23(13)15/h1-8,13H,(H,19,20,22)/t13-/m1/s1. The minimum Gasteiger partial charge on any atom is -0.323 e. The van der Waals surface area contributed by atoms with E-state index in [0.29, 0.717) is 16.5 Å². The maximum absolute atomic E-state index is 14.3. The number of allylic oxidation sites excluding steroid dienone is 1. The number of hydrogen-bond acceptors (Lipinski definition) is 5. The zero-order valence-electron chi connectivity index (χ0n) is 11.7. The van der Waals surface area contributed by atoms with Gasteiger partial charge in [0, 0.05) is 34.2 Å². The number of rotatable bonds is 2. The molecule has 1 atom stereocenters. The number of nitrogens with zero attached hydrogens (tertiary/aromatic N) is 5. The first-order valence-corrected chi connectivity index (χ1v) is 7.23. The van der Waals surface area contributed by atoms with Crippen LogP contribution in [-0.2, 0) is 0 Å². The van der Waals surface area contributed by atoms with Crippen LogP contribution in [0.15, 0.2) is 48.8 Å². The van der Waals surface area contributed by atoms with Crippen molar-refractivity contribution in [2.75, 3.05) is 5.32 Å². The van der Waals surface area contributed by atoms with Gasteiger partial charge in [-0.2, -0.15) is 4.68 Å². The van der Waals surface area contributed by atoms with Crippen molar-refractivity contribution < 1.29 is 4.39 Å². The van der Waals surface area contributed by atoms with Crippen LogP contribution in [0.25, 0.3) is 5.70 Å². The highest BCUT2D eigenvalue weighted by Gasteiger charge is 2.28. The molecule has 0 unspecified atom stereocenters. The Labute approximate surface area is 135 Å². The second-order valence-electron chi connectivity index (χ2n) is 4.97. The number of nitrogens with one attached hydrogen (secondary N) is 1. The molecule has 0 spiro atoms. The van der Waals surface area contributed by atoms with Crippen molar-refractivity contribution in [3.8, 4) is 0 Å². The van der Waals surface area contributed by atoms with E-state index in [4.69, 9.17) is 11.6 Å². The summed E-state index contributed by atoms with van der Waals surface area (Å²) in [5.74, 6) is 0.00306. The van der Waals surface area contributed by atoms with Crippen LogP contribution in [0.3, 0.4) is 0 Å². The molecule has 2 aromatic heterocycles. The highest BCUT2D eigenvalue weighted by Crippen LogP contribution is 2.35. The molecule has 0 amide bonds. The fourth-order valence-corrected chi connectivity index (χ4v) is 2.82. The quantitative estimate of drug-likeness (QED) is 0.783. The van der Waals surface area contributed by atoms with Crippen molar-refractivity contribution in [3.63, 3.8) is 0 Å². The van der Waals surface area contributed by atoms with Crippen LogP contribution in [0.1, 0.15) is 17.2 Å². The third-order valence-electron chi connectivity index (χ3n) is 3.60. The first-order chi connectivity index (χ1) is 11.2. The van der Waals surface area contributed by atoms with Gasteiger partial charge < -0.3 is 5.32 Å². The summed E-state index contributed by atoms with van der Waals surface area (Å²) in [4.78, 5) is 4.10. The second-order valence-corrected chi connectivity index (χ2v) is 5.38. The van der Waals surface area contributed by atoms with Crippen LogP contribution in [0.4, 0.5) is 10.3 Å². The van der Waals surface area contributed by atoms with Gasteiger partial charge in [-0.15, -0.1) is 0 Å². The van der Waals surface area contributed by atoms with Crippen molar-refractivity contribution in [1.29, 1.82) is 0 Å². The molecule has 6 nitrogen and oxygen atoms in total. The number of benzene rings is 1. The Bertz CT molecular complexity index is 872. The summed E-state index contributed by atoms with van der Waals surface area (Å²) < 4.78 is 15.8. The molecule has 0 radical (unpaired) electrons. The second kappa shape index (κ2) is 5.44. The molecule has 4 rings (SSSR count). The summed E-state index contributed by atoms with van der Waals surface area (Å²) in [6.45, 7) is 0. The number of anilines is 1. The molecule has 1 aromatic carbocycles. The van der Waals surface area contributed by atoms with E-state index in [1.807, 2.05) is 18.2 Å². The normalized spacial score (nSPS) is 16.4. The Morgan fingerprint density at radius 1 is 1.22 bits per heavy atom. The molecule has 1 aliphatic heterocycles. The van der Waals surface area contributed by atoms with Gasteiger partial charge in [-0.1, -0.05) is 22.8 Å². The van der Waals surface area contributed by atoms with Crippen molar-refractivity contribution in [1.82, 2.24) is 25.2 Å². The molecule has 0 saturated carbocycles. The summed E-state index contributed by atoms with van der Waals surface area (Å²) in [6, 6.07) is 7.74. The molecule has 3 heterocycles. The van der Waals surface area contributed by atoms with E-state index >= 15 is 0 Å². The van der Waals surface area contributed by atoms with Gasteiger partial charge in [0.1, 0.15) is 11.9 Å². The maximum atomic E-state index is 14.3. The molecular formula is C15H10ClFN6. The number of fused-ring (bicyclic) bond motifs is 1. The minimum atomic E-state index is -0.551. The topological polar surface area (TPSA) is 68.5 Å². The first-order valence-electron chi connectivity index (χ1n) is 6.85. The van der Waals surface area contributed by atoms with Crippen molar-refractivity contribution >= 4 is 23.2 Å². The molecule has 3 aromatic rings. The van der Waals surface area contributed by atoms with Crippen LogP contribution < -0.4 is 5.32 Å². The number of tetrazole rings is 1. The molecule has 23 heavy (non-hydrogen) atoms. The molecule has 1 N–H and O–H groups in total. The molecule has 0 fully saturated rings. The first kappa shape index (κ1) is 13.8. The highest BCUT2D eigenvalue weighted by molar-refractivity contribution is 6.31. The van der Waals surface area contributed by atoms with Gasteiger partial charge in [-0.05, 0) is 40.8 Å². The van der Waals surface area contributed by atoms with E-state index in [2.05, 4.69) is 25.8 Å². The number of aromatic nitrogens is 5. The van der Waals surface area contributed by atoms with Gasteiger partial charge in [0.2, 0.25) is 5.95 Å². The third kappa shape index (κ3) is 2.35. The van der Waals surface area contributed by atoms with Gasteiger partial charge in [0.05, 0.1) is 0 Å². The largest absolute Gasteiger partial charge is 0.323 e. The molecule has 1 aliphatic rings. The molecule has 0 bridgehead atoms. The maximum Gasteiger partial charge on any atom is 0.248 e. The molecule has 0 aliphatic carbocycles. The number of halogens is 2. The zero-order chi connectivity index (χ0) is 15.8. The molecular weight excluding hydrogens is 319 g/mol. The zero-order valence-corrected chi connectivity index (χ0v) is 12.4. The van der Waals surface area contributed by atoms with Gasteiger partial charge >= 0.3 is 0 Å². The van der Waals surface area contributed by atoms with E-state index in [1.165, 1.54) is 10.7 Å². The van der Waals surface area contributed by atoms with Crippen LogP contribution in [0.5, 0.6) is 0 Å². The lowest BCUT2D eigenvalue weighted by molar-refractivity contribution is 0.540. The van der Waals surface area contributed by atoms with E-state index in [0.717, 1.165) is 11.3 Å². The lowest BCUT2D eigenvalue weighted by atomic mass is 10.0. The average molecular weight is 329 g/mol. The Kier molecular flexibility index (Phi) is 3.27.